The van der Waals surface area contributed by atoms with Crippen molar-refractivity contribution in [3.05, 3.63) is 97.1 Å². The fourth-order valence-electron chi connectivity index (χ4n) is 5.95. The monoisotopic (exact) mass is 376 g/mol. The van der Waals surface area contributed by atoms with Crippen LogP contribution in [0.25, 0.3) is 75.4 Å². The zero-order valence-electron chi connectivity index (χ0n) is 16.2. The number of hydrogen-bond donors (Lipinski definition) is 0. The minimum absolute atomic E-state index is 1.36. The van der Waals surface area contributed by atoms with Gasteiger partial charge in [-0.15, -0.1) is 0 Å². The van der Waals surface area contributed by atoms with Gasteiger partial charge in [-0.1, -0.05) is 84.9 Å². The molecular weight excluding hydrogens is 360 g/mol. The molecule has 0 spiro atoms. The normalized spacial score (nSPS) is 12.7. The van der Waals surface area contributed by atoms with E-state index in [0.29, 0.717) is 0 Å². The minimum atomic E-state index is 1.36. The van der Waals surface area contributed by atoms with Crippen LogP contribution in [0.3, 0.4) is 0 Å². The van der Waals surface area contributed by atoms with Crippen molar-refractivity contribution >= 4 is 75.4 Å². The molecule has 0 fully saturated rings. The van der Waals surface area contributed by atoms with Crippen molar-refractivity contribution < 1.29 is 0 Å². The molecule has 0 aliphatic heterocycles. The van der Waals surface area contributed by atoms with E-state index in [-0.39, 0.29) is 0 Å². The standard InChI is InChI=1S/C30H16/c1-3-9-19-17(7-1)21-11-5-13-23-26-16-28-20-10-4-2-8-18(20)22-12-6-14-24(30(22)28)25(26)15-27(19)29(21)23/h1-16H. The third-order valence-corrected chi connectivity index (χ3v) is 7.13. The van der Waals surface area contributed by atoms with Crippen molar-refractivity contribution in [1.82, 2.24) is 0 Å². The highest BCUT2D eigenvalue weighted by molar-refractivity contribution is 6.40. The highest BCUT2D eigenvalue weighted by atomic mass is 14.2. The Labute approximate surface area is 172 Å². The van der Waals surface area contributed by atoms with Crippen molar-refractivity contribution in [2.45, 2.75) is 0 Å². The molecular formula is C30H16. The molecule has 136 valence electrons. The number of benzene rings is 6. The van der Waals surface area contributed by atoms with Crippen molar-refractivity contribution in [2.24, 2.45) is 0 Å². The predicted molar refractivity (Wildman–Crippen MR) is 131 cm³/mol. The maximum Gasteiger partial charge on any atom is -0.00199 e. The number of rotatable bonds is 0. The van der Waals surface area contributed by atoms with Crippen molar-refractivity contribution in [1.29, 1.82) is 0 Å². The van der Waals surface area contributed by atoms with Crippen LogP contribution in [0.2, 0.25) is 0 Å². The summed E-state index contributed by atoms with van der Waals surface area (Å²) in [6.45, 7) is 0. The van der Waals surface area contributed by atoms with Crippen LogP contribution in [0.15, 0.2) is 97.1 Å². The van der Waals surface area contributed by atoms with E-state index in [1.807, 2.05) is 0 Å². The first kappa shape index (κ1) is 15.0. The molecule has 0 heterocycles. The molecule has 0 bridgehead atoms. The van der Waals surface area contributed by atoms with Crippen LogP contribution < -0.4 is 0 Å². The van der Waals surface area contributed by atoms with Gasteiger partial charge in [-0.05, 0) is 87.5 Å². The molecule has 0 nitrogen and oxygen atoms in total. The van der Waals surface area contributed by atoms with Gasteiger partial charge in [0.25, 0.3) is 0 Å². The molecule has 8 aromatic carbocycles. The Hall–Kier alpha value is -3.90. The highest BCUT2D eigenvalue weighted by Crippen LogP contribution is 2.46. The van der Waals surface area contributed by atoms with E-state index in [2.05, 4.69) is 97.1 Å². The van der Waals surface area contributed by atoms with Gasteiger partial charge in [-0.25, -0.2) is 0 Å². The van der Waals surface area contributed by atoms with E-state index < -0.39 is 0 Å². The van der Waals surface area contributed by atoms with E-state index >= 15 is 0 Å². The van der Waals surface area contributed by atoms with Crippen LogP contribution in [0.4, 0.5) is 0 Å². The van der Waals surface area contributed by atoms with Gasteiger partial charge in [-0.2, -0.15) is 0 Å². The lowest BCUT2D eigenvalue weighted by Gasteiger charge is -2.10. The van der Waals surface area contributed by atoms with Crippen molar-refractivity contribution in [3.63, 3.8) is 0 Å². The van der Waals surface area contributed by atoms with Crippen LogP contribution in [0, 0.1) is 0 Å². The second kappa shape index (κ2) is 4.98. The Morgan fingerprint density at radius 3 is 0.933 bits per heavy atom. The second-order valence-corrected chi connectivity index (χ2v) is 8.49. The van der Waals surface area contributed by atoms with E-state index in [0.717, 1.165) is 0 Å². The van der Waals surface area contributed by atoms with Crippen LogP contribution in [-0.4, -0.2) is 0 Å². The molecule has 0 heteroatoms. The van der Waals surface area contributed by atoms with Gasteiger partial charge in [0.2, 0.25) is 0 Å². The van der Waals surface area contributed by atoms with E-state index in [4.69, 9.17) is 0 Å². The van der Waals surface area contributed by atoms with E-state index in [9.17, 15) is 0 Å². The Morgan fingerprint density at radius 1 is 0.233 bits per heavy atom. The second-order valence-electron chi connectivity index (χ2n) is 8.49. The van der Waals surface area contributed by atoms with Crippen LogP contribution >= 0.6 is 0 Å². The molecule has 0 saturated heterocycles. The van der Waals surface area contributed by atoms with Crippen molar-refractivity contribution in [3.8, 4) is 0 Å². The van der Waals surface area contributed by atoms with Gasteiger partial charge in [0.1, 0.15) is 0 Å². The lowest BCUT2D eigenvalue weighted by atomic mass is 9.93. The Kier molecular flexibility index (Phi) is 2.49. The topological polar surface area (TPSA) is 0 Å². The van der Waals surface area contributed by atoms with Gasteiger partial charge in [0, 0.05) is 0 Å². The Balaban J connectivity index is 1.76. The summed E-state index contributed by atoms with van der Waals surface area (Å²) in [7, 11) is 0. The molecule has 0 aliphatic rings. The first-order valence-electron chi connectivity index (χ1n) is 10.5. The maximum atomic E-state index is 2.44. The molecule has 0 saturated carbocycles. The zero-order chi connectivity index (χ0) is 19.4. The van der Waals surface area contributed by atoms with Gasteiger partial charge in [0.05, 0.1) is 0 Å². The highest BCUT2D eigenvalue weighted by Gasteiger charge is 2.18. The minimum Gasteiger partial charge on any atom is -0.0616 e. The van der Waals surface area contributed by atoms with Gasteiger partial charge in [0.15, 0.2) is 0 Å². The van der Waals surface area contributed by atoms with Crippen molar-refractivity contribution in [2.75, 3.05) is 0 Å². The SMILES string of the molecule is c1ccc2c(c1)c1cccc3c4cc5c6ccccc6c6cccc(c4cc2c13)c65. The first-order valence-corrected chi connectivity index (χ1v) is 10.5. The molecule has 8 aromatic rings. The Morgan fingerprint density at radius 2 is 0.533 bits per heavy atom. The van der Waals surface area contributed by atoms with E-state index in [1.165, 1.54) is 75.4 Å². The quantitative estimate of drug-likeness (QED) is 0.232. The fourth-order valence-corrected chi connectivity index (χ4v) is 5.95. The summed E-state index contributed by atoms with van der Waals surface area (Å²) in [5, 5.41) is 19.2. The average molecular weight is 376 g/mol. The third-order valence-electron chi connectivity index (χ3n) is 7.13. The number of hydrogen-bond acceptors (Lipinski definition) is 0. The summed E-state index contributed by atoms with van der Waals surface area (Å²) in [5.74, 6) is 0. The summed E-state index contributed by atoms with van der Waals surface area (Å²) >= 11 is 0. The van der Waals surface area contributed by atoms with Crippen LogP contribution in [-0.2, 0) is 0 Å². The summed E-state index contributed by atoms with van der Waals surface area (Å²) in [6, 6.07) is 36.2. The molecule has 0 atom stereocenters. The molecule has 0 amide bonds. The summed E-state index contributed by atoms with van der Waals surface area (Å²) in [4.78, 5) is 0. The molecule has 0 aromatic heterocycles. The maximum absolute atomic E-state index is 2.44. The summed E-state index contributed by atoms with van der Waals surface area (Å²) in [5.41, 5.74) is 0. The molecule has 0 aliphatic carbocycles. The molecule has 0 N–H and O–H groups in total. The summed E-state index contributed by atoms with van der Waals surface area (Å²) in [6.07, 6.45) is 0. The lowest BCUT2D eigenvalue weighted by molar-refractivity contribution is 1.85. The Bertz CT molecular complexity index is 1790. The van der Waals surface area contributed by atoms with Crippen LogP contribution in [0.5, 0.6) is 0 Å². The molecule has 30 heavy (non-hydrogen) atoms. The van der Waals surface area contributed by atoms with Gasteiger partial charge >= 0.3 is 0 Å². The van der Waals surface area contributed by atoms with Crippen LogP contribution in [0.1, 0.15) is 0 Å². The average Bonchev–Trinajstić information content (AvgIpc) is 3.31. The van der Waals surface area contributed by atoms with E-state index in [1.54, 1.807) is 0 Å². The summed E-state index contributed by atoms with van der Waals surface area (Å²) < 4.78 is 0. The molecule has 0 radical (unpaired) electrons. The molecule has 0 unspecified atom stereocenters. The third kappa shape index (κ3) is 1.58. The smallest absolute Gasteiger partial charge is 0.00199 e. The largest absolute Gasteiger partial charge is 0.0616 e. The predicted octanol–water partition coefficient (Wildman–Crippen LogP) is 8.63. The van der Waals surface area contributed by atoms with Gasteiger partial charge < -0.3 is 0 Å². The van der Waals surface area contributed by atoms with Gasteiger partial charge in [-0.3, -0.25) is 0 Å². The first-order chi connectivity index (χ1) is 14.9. The number of fused-ring (bicyclic) bond motifs is 9. The zero-order valence-corrected chi connectivity index (χ0v) is 16.2. The lowest BCUT2D eigenvalue weighted by Crippen LogP contribution is -1.82. The molecule has 8 rings (SSSR count). The fraction of sp³-hybridized carbons (Fsp3) is 0.